The first-order valence-corrected chi connectivity index (χ1v) is 9.26. The Hall–Kier alpha value is -0.160. The molecule has 0 heterocycles. The van der Waals surface area contributed by atoms with Gasteiger partial charge in [0.15, 0.2) is 5.75 Å². The molecule has 102 valence electrons. The molecule has 0 saturated carbocycles. The van der Waals surface area contributed by atoms with Gasteiger partial charge in [-0.3, -0.25) is 0 Å². The van der Waals surface area contributed by atoms with Crippen LogP contribution < -0.4 is 4.18 Å². The third kappa shape index (κ3) is 3.44. The van der Waals surface area contributed by atoms with E-state index in [-0.39, 0.29) is 5.75 Å². The molecule has 1 rings (SSSR count). The van der Waals surface area contributed by atoms with Crippen molar-refractivity contribution in [1.29, 1.82) is 0 Å². The van der Waals surface area contributed by atoms with Gasteiger partial charge in [0, 0.05) is 21.2 Å². The SMILES string of the molecule is Cc1cc(OS(=O)(=O)C(F)(F)F)c(SI)cc1C. The van der Waals surface area contributed by atoms with Gasteiger partial charge >= 0.3 is 15.6 Å². The molecule has 18 heavy (non-hydrogen) atoms. The average Bonchev–Trinajstić information content (AvgIpc) is 2.21. The van der Waals surface area contributed by atoms with Crippen LogP contribution in [0.15, 0.2) is 17.0 Å². The summed E-state index contributed by atoms with van der Waals surface area (Å²) in [7, 11) is -4.55. The van der Waals surface area contributed by atoms with E-state index in [1.54, 1.807) is 19.9 Å². The maximum absolute atomic E-state index is 12.2. The molecule has 0 atom stereocenters. The number of benzene rings is 1. The summed E-state index contributed by atoms with van der Waals surface area (Å²) in [6.07, 6.45) is 0. The minimum Gasteiger partial charge on any atom is -0.375 e. The fraction of sp³-hybridized carbons (Fsp3) is 0.333. The van der Waals surface area contributed by atoms with Crippen molar-refractivity contribution in [3.8, 4) is 5.75 Å². The zero-order valence-corrected chi connectivity index (χ0v) is 13.0. The van der Waals surface area contributed by atoms with Crippen LogP contribution in [0.1, 0.15) is 11.1 Å². The summed E-state index contributed by atoms with van der Waals surface area (Å²) < 4.78 is 62.6. The lowest BCUT2D eigenvalue weighted by molar-refractivity contribution is -0.0500. The van der Waals surface area contributed by atoms with Crippen LogP contribution >= 0.6 is 30.1 Å². The van der Waals surface area contributed by atoms with E-state index in [2.05, 4.69) is 4.18 Å². The summed E-state index contributed by atoms with van der Waals surface area (Å²) >= 11 is 1.84. The Kier molecular flexibility index (Phi) is 4.81. The van der Waals surface area contributed by atoms with Gasteiger partial charge in [-0.1, -0.05) is 0 Å². The average molecular weight is 412 g/mol. The molecule has 1 aromatic carbocycles. The van der Waals surface area contributed by atoms with Gasteiger partial charge in [-0.05, 0) is 46.0 Å². The minimum atomic E-state index is -5.63. The van der Waals surface area contributed by atoms with Crippen molar-refractivity contribution in [2.24, 2.45) is 0 Å². The van der Waals surface area contributed by atoms with Crippen LogP contribution in [-0.2, 0) is 10.1 Å². The van der Waals surface area contributed by atoms with E-state index in [4.69, 9.17) is 0 Å². The number of halogens is 4. The minimum absolute atomic E-state index is 0.310. The maximum atomic E-state index is 12.2. The molecule has 0 N–H and O–H groups in total. The number of hydrogen-bond donors (Lipinski definition) is 0. The second kappa shape index (κ2) is 5.45. The van der Waals surface area contributed by atoms with Gasteiger partial charge in [0.1, 0.15) is 0 Å². The highest BCUT2D eigenvalue weighted by atomic mass is 127. The number of rotatable bonds is 3. The Labute approximate surface area is 119 Å². The van der Waals surface area contributed by atoms with Crippen LogP contribution in [-0.4, -0.2) is 13.9 Å². The fourth-order valence-corrected chi connectivity index (χ4v) is 3.01. The Morgan fingerprint density at radius 3 is 2.17 bits per heavy atom. The van der Waals surface area contributed by atoms with E-state index in [0.29, 0.717) is 10.5 Å². The van der Waals surface area contributed by atoms with Crippen molar-refractivity contribution < 1.29 is 25.8 Å². The largest absolute Gasteiger partial charge is 0.534 e. The third-order valence-corrected chi connectivity index (χ3v) is 5.00. The van der Waals surface area contributed by atoms with Gasteiger partial charge in [0.25, 0.3) is 0 Å². The van der Waals surface area contributed by atoms with Gasteiger partial charge in [-0.2, -0.15) is 21.6 Å². The van der Waals surface area contributed by atoms with Gasteiger partial charge in [-0.25, -0.2) is 0 Å². The molecular weight excluding hydrogens is 404 g/mol. The van der Waals surface area contributed by atoms with Crippen molar-refractivity contribution >= 4 is 40.3 Å². The normalized spacial score (nSPS) is 12.6. The molecule has 3 nitrogen and oxygen atoms in total. The second-order valence-corrected chi connectivity index (χ2v) is 6.90. The molecule has 0 amide bonds. The molecule has 0 unspecified atom stereocenters. The van der Waals surface area contributed by atoms with Crippen LogP contribution in [0.4, 0.5) is 13.2 Å². The van der Waals surface area contributed by atoms with E-state index in [9.17, 15) is 21.6 Å². The monoisotopic (exact) mass is 412 g/mol. The summed E-state index contributed by atoms with van der Waals surface area (Å²) in [6, 6.07) is 2.85. The third-order valence-electron chi connectivity index (χ3n) is 2.13. The number of aryl methyl sites for hydroxylation is 2. The second-order valence-electron chi connectivity index (χ2n) is 3.44. The lowest BCUT2D eigenvalue weighted by atomic mass is 10.1. The Morgan fingerprint density at radius 1 is 1.22 bits per heavy atom. The van der Waals surface area contributed by atoms with Crippen LogP contribution in [0.2, 0.25) is 0 Å². The summed E-state index contributed by atoms with van der Waals surface area (Å²) in [5.74, 6) is -0.310. The van der Waals surface area contributed by atoms with Crippen molar-refractivity contribution in [3.05, 3.63) is 23.3 Å². The zero-order valence-electron chi connectivity index (χ0n) is 9.21. The van der Waals surface area contributed by atoms with Crippen LogP contribution in [0.25, 0.3) is 0 Å². The summed E-state index contributed by atoms with van der Waals surface area (Å²) in [5.41, 5.74) is -3.94. The highest BCUT2D eigenvalue weighted by molar-refractivity contribution is 14.2. The predicted molar refractivity (Wildman–Crippen MR) is 71.4 cm³/mol. The van der Waals surface area contributed by atoms with Gasteiger partial charge in [-0.15, -0.1) is 0 Å². The van der Waals surface area contributed by atoms with E-state index < -0.39 is 15.6 Å². The molecule has 0 fully saturated rings. The summed E-state index contributed by atoms with van der Waals surface area (Å²) in [6.45, 7) is 3.43. The van der Waals surface area contributed by atoms with Gasteiger partial charge in [0.2, 0.25) is 0 Å². The first-order chi connectivity index (χ1) is 8.08. The van der Waals surface area contributed by atoms with Gasteiger partial charge < -0.3 is 4.18 Å². The molecule has 0 aliphatic carbocycles. The van der Waals surface area contributed by atoms with Crippen molar-refractivity contribution in [2.75, 3.05) is 0 Å². The first kappa shape index (κ1) is 15.9. The predicted octanol–water partition coefficient (Wildman–Crippen LogP) is 3.97. The van der Waals surface area contributed by atoms with E-state index in [1.807, 2.05) is 21.2 Å². The lowest BCUT2D eigenvalue weighted by Gasteiger charge is -2.13. The Balaban J connectivity index is 3.24. The number of alkyl halides is 3. The smallest absolute Gasteiger partial charge is 0.375 e. The zero-order chi connectivity index (χ0) is 14.1. The van der Waals surface area contributed by atoms with Crippen molar-refractivity contribution in [1.82, 2.24) is 0 Å². The molecular formula is C9H8F3IO3S2. The molecule has 9 heteroatoms. The van der Waals surface area contributed by atoms with E-state index in [1.165, 1.54) is 6.07 Å². The highest BCUT2D eigenvalue weighted by Crippen LogP contribution is 2.38. The molecule has 0 spiro atoms. The van der Waals surface area contributed by atoms with Crippen LogP contribution in [0, 0.1) is 13.8 Å². The van der Waals surface area contributed by atoms with E-state index in [0.717, 1.165) is 14.5 Å². The van der Waals surface area contributed by atoms with Crippen LogP contribution in [0.3, 0.4) is 0 Å². The molecule has 0 radical (unpaired) electrons. The Bertz CT molecular complexity index is 555. The molecule has 0 aliphatic heterocycles. The Morgan fingerprint density at radius 2 is 1.72 bits per heavy atom. The quantitative estimate of drug-likeness (QED) is 0.428. The fourth-order valence-electron chi connectivity index (χ4n) is 1.05. The molecule has 0 saturated heterocycles. The molecule has 0 bridgehead atoms. The maximum Gasteiger partial charge on any atom is 0.534 e. The van der Waals surface area contributed by atoms with Gasteiger partial charge in [0.05, 0.1) is 4.90 Å². The van der Waals surface area contributed by atoms with E-state index >= 15 is 0 Å². The summed E-state index contributed by atoms with van der Waals surface area (Å²) in [4.78, 5) is 0.325. The molecule has 0 aromatic heterocycles. The standard InChI is InChI=1S/C9H8F3IO3S2/c1-5-3-7(8(17-13)4-6(5)2)16-18(14,15)9(10,11)12/h3-4H,1-2H3. The summed E-state index contributed by atoms with van der Waals surface area (Å²) in [5, 5.41) is 0. The molecule has 1 aromatic rings. The molecule has 0 aliphatic rings. The topological polar surface area (TPSA) is 43.4 Å². The first-order valence-electron chi connectivity index (χ1n) is 4.49. The van der Waals surface area contributed by atoms with Crippen molar-refractivity contribution in [3.63, 3.8) is 0 Å². The highest BCUT2D eigenvalue weighted by Gasteiger charge is 2.48. The lowest BCUT2D eigenvalue weighted by Crippen LogP contribution is -2.28. The van der Waals surface area contributed by atoms with Crippen LogP contribution in [0.5, 0.6) is 5.75 Å². The number of hydrogen-bond acceptors (Lipinski definition) is 4. The van der Waals surface area contributed by atoms with Crippen molar-refractivity contribution in [2.45, 2.75) is 24.3 Å².